The lowest BCUT2D eigenvalue weighted by Gasteiger charge is -2.31. The normalized spacial score (nSPS) is 16.8. The highest BCUT2D eigenvalue weighted by Crippen LogP contribution is 2.11. The monoisotopic (exact) mass is 328 g/mol. The molecule has 0 atom stereocenters. The lowest BCUT2D eigenvalue weighted by atomic mass is 10.2. The van der Waals surface area contributed by atoms with Gasteiger partial charge in [0, 0.05) is 45.3 Å². The number of benzene rings is 1. The molecule has 1 aromatic heterocycles. The minimum absolute atomic E-state index is 0.497. The first-order valence-electron chi connectivity index (χ1n) is 8.75. The SMILES string of the molecule is CC(C)NCc1ccc(-n2cc(CN3CCN(C)CC3)nn2)cc1. The van der Waals surface area contributed by atoms with E-state index >= 15 is 0 Å². The molecule has 6 nitrogen and oxygen atoms in total. The van der Waals surface area contributed by atoms with Crippen LogP contribution in [0.4, 0.5) is 0 Å². The number of hydrogen-bond donors (Lipinski definition) is 1. The highest BCUT2D eigenvalue weighted by Gasteiger charge is 2.15. The molecule has 2 heterocycles. The maximum atomic E-state index is 4.33. The molecule has 0 saturated carbocycles. The molecule has 1 fully saturated rings. The van der Waals surface area contributed by atoms with Gasteiger partial charge in [-0.05, 0) is 24.7 Å². The summed E-state index contributed by atoms with van der Waals surface area (Å²) in [4.78, 5) is 4.80. The minimum atomic E-state index is 0.497. The molecule has 0 radical (unpaired) electrons. The molecule has 6 heteroatoms. The van der Waals surface area contributed by atoms with E-state index in [1.807, 2.05) is 10.9 Å². The van der Waals surface area contributed by atoms with Crippen LogP contribution >= 0.6 is 0 Å². The summed E-state index contributed by atoms with van der Waals surface area (Å²) in [5, 5.41) is 12.0. The molecule has 0 bridgehead atoms. The van der Waals surface area contributed by atoms with Crippen LogP contribution in [0.3, 0.4) is 0 Å². The summed E-state index contributed by atoms with van der Waals surface area (Å²) < 4.78 is 1.87. The zero-order chi connectivity index (χ0) is 16.9. The summed E-state index contributed by atoms with van der Waals surface area (Å²) in [5.41, 5.74) is 3.37. The van der Waals surface area contributed by atoms with Gasteiger partial charge in [-0.25, -0.2) is 4.68 Å². The van der Waals surface area contributed by atoms with Crippen LogP contribution in [-0.2, 0) is 13.1 Å². The summed E-state index contributed by atoms with van der Waals surface area (Å²) in [6, 6.07) is 8.99. The van der Waals surface area contributed by atoms with Crippen LogP contribution in [0.1, 0.15) is 25.1 Å². The van der Waals surface area contributed by atoms with Gasteiger partial charge in [-0.1, -0.05) is 31.2 Å². The number of likely N-dealkylation sites (N-methyl/N-ethyl adjacent to an activating group) is 1. The third-order valence-corrected chi connectivity index (χ3v) is 4.44. The van der Waals surface area contributed by atoms with Crippen molar-refractivity contribution in [1.82, 2.24) is 30.1 Å². The first-order chi connectivity index (χ1) is 11.6. The van der Waals surface area contributed by atoms with Gasteiger partial charge in [0.15, 0.2) is 0 Å². The van der Waals surface area contributed by atoms with E-state index < -0.39 is 0 Å². The van der Waals surface area contributed by atoms with Gasteiger partial charge in [-0.2, -0.15) is 0 Å². The topological polar surface area (TPSA) is 49.2 Å². The Bertz CT molecular complexity index is 625. The summed E-state index contributed by atoms with van der Waals surface area (Å²) in [5.74, 6) is 0. The maximum absolute atomic E-state index is 4.33. The van der Waals surface area contributed by atoms with Crippen molar-refractivity contribution in [3.63, 3.8) is 0 Å². The molecule has 0 aliphatic carbocycles. The molecule has 130 valence electrons. The Kier molecular flexibility index (Phi) is 5.60. The lowest BCUT2D eigenvalue weighted by molar-refractivity contribution is 0.147. The second kappa shape index (κ2) is 7.88. The fourth-order valence-corrected chi connectivity index (χ4v) is 2.82. The highest BCUT2D eigenvalue weighted by molar-refractivity contribution is 5.33. The summed E-state index contributed by atoms with van der Waals surface area (Å²) in [6.45, 7) is 10.5. The maximum Gasteiger partial charge on any atom is 0.0971 e. The molecule has 1 N–H and O–H groups in total. The Morgan fingerprint density at radius 2 is 1.79 bits per heavy atom. The van der Waals surface area contributed by atoms with Crippen LogP contribution in [0.15, 0.2) is 30.5 Å². The standard InChI is InChI=1S/C18H28N6/c1-15(2)19-12-16-4-6-18(7-5-16)24-14-17(20-21-24)13-23-10-8-22(3)9-11-23/h4-7,14-15,19H,8-13H2,1-3H3. The van der Waals surface area contributed by atoms with Gasteiger partial charge in [0.2, 0.25) is 0 Å². The average molecular weight is 328 g/mol. The fraction of sp³-hybridized carbons (Fsp3) is 0.556. The lowest BCUT2D eigenvalue weighted by Crippen LogP contribution is -2.43. The van der Waals surface area contributed by atoms with Crippen molar-refractivity contribution in [3.05, 3.63) is 41.7 Å². The number of rotatable bonds is 6. The first kappa shape index (κ1) is 17.1. The van der Waals surface area contributed by atoms with Gasteiger partial charge >= 0.3 is 0 Å². The Morgan fingerprint density at radius 3 is 2.46 bits per heavy atom. The van der Waals surface area contributed by atoms with Crippen LogP contribution in [0.5, 0.6) is 0 Å². The quantitative estimate of drug-likeness (QED) is 0.871. The predicted octanol–water partition coefficient (Wildman–Crippen LogP) is 1.51. The number of piperazine rings is 1. The molecule has 1 aromatic carbocycles. The molecular weight excluding hydrogens is 300 g/mol. The molecular formula is C18H28N6. The first-order valence-corrected chi connectivity index (χ1v) is 8.75. The highest BCUT2D eigenvalue weighted by atomic mass is 15.4. The van der Waals surface area contributed by atoms with Crippen molar-refractivity contribution < 1.29 is 0 Å². The molecule has 2 aromatic rings. The zero-order valence-corrected chi connectivity index (χ0v) is 14.9. The summed E-state index contributed by atoms with van der Waals surface area (Å²) in [6.07, 6.45) is 2.04. The summed E-state index contributed by atoms with van der Waals surface area (Å²) in [7, 11) is 2.17. The molecule has 1 aliphatic heterocycles. The van der Waals surface area contributed by atoms with Crippen LogP contribution < -0.4 is 5.32 Å². The van der Waals surface area contributed by atoms with E-state index in [4.69, 9.17) is 0 Å². The summed E-state index contributed by atoms with van der Waals surface area (Å²) >= 11 is 0. The van der Waals surface area contributed by atoms with Gasteiger partial charge in [-0.15, -0.1) is 5.10 Å². The molecule has 3 rings (SSSR count). The van der Waals surface area contributed by atoms with E-state index in [1.54, 1.807) is 0 Å². The van der Waals surface area contributed by atoms with Crippen LogP contribution in [0.25, 0.3) is 5.69 Å². The van der Waals surface area contributed by atoms with Crippen molar-refractivity contribution in [2.45, 2.75) is 33.0 Å². The van der Waals surface area contributed by atoms with E-state index in [2.05, 4.69) is 70.6 Å². The van der Waals surface area contributed by atoms with E-state index in [-0.39, 0.29) is 0 Å². The van der Waals surface area contributed by atoms with Crippen LogP contribution in [-0.4, -0.2) is 64.1 Å². The Hall–Kier alpha value is -1.76. The van der Waals surface area contributed by atoms with Crippen molar-refractivity contribution in [2.75, 3.05) is 33.2 Å². The van der Waals surface area contributed by atoms with E-state index in [9.17, 15) is 0 Å². The van der Waals surface area contributed by atoms with Crippen molar-refractivity contribution in [2.24, 2.45) is 0 Å². The van der Waals surface area contributed by atoms with Crippen molar-refractivity contribution in [3.8, 4) is 5.69 Å². The van der Waals surface area contributed by atoms with E-state index in [0.717, 1.165) is 50.6 Å². The molecule has 1 saturated heterocycles. The number of nitrogens with zero attached hydrogens (tertiary/aromatic N) is 5. The van der Waals surface area contributed by atoms with Crippen molar-refractivity contribution >= 4 is 0 Å². The second-order valence-electron chi connectivity index (χ2n) is 6.94. The molecule has 0 unspecified atom stereocenters. The molecule has 0 spiro atoms. The third kappa shape index (κ3) is 4.63. The zero-order valence-electron chi connectivity index (χ0n) is 14.9. The predicted molar refractivity (Wildman–Crippen MR) is 96.1 cm³/mol. The Balaban J connectivity index is 1.58. The molecule has 1 aliphatic rings. The molecule has 24 heavy (non-hydrogen) atoms. The van der Waals surface area contributed by atoms with E-state index in [1.165, 1.54) is 5.56 Å². The largest absolute Gasteiger partial charge is 0.310 e. The van der Waals surface area contributed by atoms with Gasteiger partial charge in [0.1, 0.15) is 0 Å². The number of hydrogen-bond acceptors (Lipinski definition) is 5. The fourth-order valence-electron chi connectivity index (χ4n) is 2.82. The van der Waals surface area contributed by atoms with Crippen LogP contribution in [0.2, 0.25) is 0 Å². The second-order valence-corrected chi connectivity index (χ2v) is 6.94. The Labute approximate surface area is 144 Å². The van der Waals surface area contributed by atoms with Gasteiger partial charge in [0.05, 0.1) is 17.6 Å². The number of aromatic nitrogens is 3. The molecule has 0 amide bonds. The smallest absolute Gasteiger partial charge is 0.0971 e. The van der Waals surface area contributed by atoms with Gasteiger partial charge in [-0.3, -0.25) is 4.90 Å². The van der Waals surface area contributed by atoms with Crippen LogP contribution in [0, 0.1) is 0 Å². The minimum Gasteiger partial charge on any atom is -0.310 e. The number of nitrogens with one attached hydrogen (secondary N) is 1. The Morgan fingerprint density at radius 1 is 1.08 bits per heavy atom. The third-order valence-electron chi connectivity index (χ3n) is 4.44. The van der Waals surface area contributed by atoms with Gasteiger partial charge in [0.25, 0.3) is 0 Å². The van der Waals surface area contributed by atoms with Gasteiger partial charge < -0.3 is 10.2 Å². The van der Waals surface area contributed by atoms with E-state index in [0.29, 0.717) is 6.04 Å². The average Bonchev–Trinajstić information content (AvgIpc) is 3.04. The van der Waals surface area contributed by atoms with Crippen molar-refractivity contribution in [1.29, 1.82) is 0 Å².